The Kier molecular flexibility index (Phi) is 2.26. The van der Waals surface area contributed by atoms with Gasteiger partial charge in [0, 0.05) is 12.1 Å². The zero-order valence-corrected chi connectivity index (χ0v) is 8.98. The van der Waals surface area contributed by atoms with Crippen molar-refractivity contribution < 1.29 is 4.79 Å². The monoisotopic (exact) mass is 206 g/mol. The Bertz CT molecular complexity index is 296. The van der Waals surface area contributed by atoms with Crippen LogP contribution in [0, 0.1) is 23.7 Å². The minimum atomic E-state index is 0.120. The van der Waals surface area contributed by atoms with Crippen LogP contribution in [0.25, 0.3) is 0 Å². The first-order valence-corrected chi connectivity index (χ1v) is 6.16. The van der Waals surface area contributed by atoms with Crippen molar-refractivity contribution in [2.45, 2.75) is 38.5 Å². The van der Waals surface area contributed by atoms with Gasteiger partial charge in [0.15, 0.2) is 0 Å². The molecule has 3 nitrogen and oxygen atoms in total. The lowest BCUT2D eigenvalue weighted by atomic mass is 9.90. The van der Waals surface area contributed by atoms with E-state index in [-0.39, 0.29) is 11.8 Å². The van der Waals surface area contributed by atoms with E-state index in [0.29, 0.717) is 5.92 Å². The van der Waals surface area contributed by atoms with Gasteiger partial charge < -0.3 is 0 Å². The molecule has 3 aliphatic rings. The van der Waals surface area contributed by atoms with E-state index in [1.807, 2.05) is 6.21 Å². The molecule has 1 amide bonds. The van der Waals surface area contributed by atoms with Crippen LogP contribution in [0.5, 0.6) is 0 Å². The van der Waals surface area contributed by atoms with Gasteiger partial charge in [-0.3, -0.25) is 4.79 Å². The van der Waals surface area contributed by atoms with Crippen molar-refractivity contribution in [2.24, 2.45) is 28.8 Å². The predicted molar refractivity (Wildman–Crippen MR) is 58.3 cm³/mol. The van der Waals surface area contributed by atoms with E-state index < -0.39 is 0 Å². The zero-order chi connectivity index (χ0) is 10.3. The third kappa shape index (κ3) is 1.92. The average molecular weight is 206 g/mol. The fourth-order valence-electron chi connectivity index (χ4n) is 3.11. The molecule has 0 aromatic carbocycles. The van der Waals surface area contributed by atoms with Crippen molar-refractivity contribution in [3.63, 3.8) is 0 Å². The molecule has 0 aromatic rings. The Balaban J connectivity index is 1.48. The highest BCUT2D eigenvalue weighted by Gasteiger charge is 2.38. The molecule has 3 saturated carbocycles. The van der Waals surface area contributed by atoms with Crippen molar-refractivity contribution in [3.05, 3.63) is 0 Å². The third-order valence-electron chi connectivity index (χ3n) is 4.18. The highest BCUT2D eigenvalue weighted by atomic mass is 16.2. The van der Waals surface area contributed by atoms with Crippen LogP contribution in [0.3, 0.4) is 0 Å². The number of nitrogens with zero attached hydrogens (tertiary/aromatic N) is 1. The van der Waals surface area contributed by atoms with E-state index in [0.717, 1.165) is 24.7 Å². The minimum absolute atomic E-state index is 0.120. The molecular formula is C12H18N2O. The topological polar surface area (TPSA) is 41.5 Å². The molecule has 3 heteroatoms. The normalized spacial score (nSPS) is 38.8. The number of hydrogen-bond donors (Lipinski definition) is 1. The molecule has 0 saturated heterocycles. The van der Waals surface area contributed by atoms with Crippen LogP contribution in [0.2, 0.25) is 0 Å². The van der Waals surface area contributed by atoms with Gasteiger partial charge in [0.05, 0.1) is 0 Å². The second-order valence-corrected chi connectivity index (χ2v) is 5.37. The molecule has 3 fully saturated rings. The number of amides is 1. The van der Waals surface area contributed by atoms with Crippen LogP contribution in [0.4, 0.5) is 0 Å². The highest BCUT2D eigenvalue weighted by Crippen LogP contribution is 2.47. The second-order valence-electron chi connectivity index (χ2n) is 5.37. The summed E-state index contributed by atoms with van der Waals surface area (Å²) in [6.07, 6.45) is 9.58. The van der Waals surface area contributed by atoms with E-state index >= 15 is 0 Å². The van der Waals surface area contributed by atoms with Crippen molar-refractivity contribution >= 4 is 12.1 Å². The molecule has 1 N–H and O–H groups in total. The first-order chi connectivity index (χ1) is 7.33. The molecular weight excluding hydrogens is 188 g/mol. The fraction of sp³-hybridized carbons (Fsp3) is 0.833. The molecule has 82 valence electrons. The third-order valence-corrected chi connectivity index (χ3v) is 4.18. The maximum Gasteiger partial charge on any atom is 0.243 e. The van der Waals surface area contributed by atoms with Crippen molar-refractivity contribution in [2.75, 3.05) is 0 Å². The maximum absolute atomic E-state index is 11.3. The summed E-state index contributed by atoms with van der Waals surface area (Å²) < 4.78 is 0. The zero-order valence-electron chi connectivity index (χ0n) is 8.98. The van der Waals surface area contributed by atoms with Crippen LogP contribution in [-0.2, 0) is 4.79 Å². The van der Waals surface area contributed by atoms with E-state index in [1.54, 1.807) is 0 Å². The highest BCUT2D eigenvalue weighted by molar-refractivity contribution is 5.81. The summed E-state index contributed by atoms with van der Waals surface area (Å²) in [7, 11) is 0. The van der Waals surface area contributed by atoms with Crippen LogP contribution in [0.1, 0.15) is 38.5 Å². The van der Waals surface area contributed by atoms with Crippen LogP contribution in [-0.4, -0.2) is 12.1 Å². The number of hydrazone groups is 1. The Morgan fingerprint density at radius 2 is 2.07 bits per heavy atom. The Hall–Kier alpha value is -0.860. The van der Waals surface area contributed by atoms with Gasteiger partial charge in [-0.05, 0) is 49.9 Å². The molecule has 0 radical (unpaired) electrons. The molecule has 3 atom stereocenters. The summed E-state index contributed by atoms with van der Waals surface area (Å²) in [6.45, 7) is 0. The first kappa shape index (κ1) is 9.37. The lowest BCUT2D eigenvalue weighted by molar-refractivity contribution is -0.122. The summed E-state index contributed by atoms with van der Waals surface area (Å²) in [5.41, 5.74) is 2.66. The van der Waals surface area contributed by atoms with Gasteiger partial charge in [-0.1, -0.05) is 6.42 Å². The van der Waals surface area contributed by atoms with E-state index in [4.69, 9.17) is 0 Å². The van der Waals surface area contributed by atoms with E-state index in [9.17, 15) is 4.79 Å². The Morgan fingerprint density at radius 1 is 1.20 bits per heavy atom. The van der Waals surface area contributed by atoms with E-state index in [1.165, 1.54) is 25.7 Å². The SMILES string of the molecule is O=C(N/N=C\[C@H]1C[C@@H]2CC[C@@H]1C2)C1CC1. The van der Waals surface area contributed by atoms with Gasteiger partial charge in [0.2, 0.25) is 5.91 Å². The van der Waals surface area contributed by atoms with Crippen molar-refractivity contribution in [1.82, 2.24) is 5.43 Å². The maximum atomic E-state index is 11.3. The smallest absolute Gasteiger partial charge is 0.243 e. The molecule has 0 unspecified atom stereocenters. The van der Waals surface area contributed by atoms with Crippen LogP contribution >= 0.6 is 0 Å². The van der Waals surface area contributed by atoms with Gasteiger partial charge in [-0.2, -0.15) is 5.10 Å². The number of nitrogens with one attached hydrogen (secondary N) is 1. The molecule has 3 rings (SSSR count). The lowest BCUT2D eigenvalue weighted by Crippen LogP contribution is -2.21. The van der Waals surface area contributed by atoms with Gasteiger partial charge >= 0.3 is 0 Å². The quantitative estimate of drug-likeness (QED) is 0.556. The standard InChI is InChI=1S/C12H18N2O/c15-12(9-3-4-9)14-13-7-11-6-8-1-2-10(11)5-8/h7-11H,1-6H2,(H,14,15)/b13-7-/t8-,10-,11-/m1/s1. The summed E-state index contributed by atoms with van der Waals surface area (Å²) in [5.74, 6) is 2.84. The van der Waals surface area contributed by atoms with Crippen molar-refractivity contribution in [1.29, 1.82) is 0 Å². The minimum Gasteiger partial charge on any atom is -0.273 e. The molecule has 2 bridgehead atoms. The molecule has 0 heterocycles. The average Bonchev–Trinajstić information content (AvgIpc) is 2.90. The van der Waals surface area contributed by atoms with E-state index in [2.05, 4.69) is 10.5 Å². The van der Waals surface area contributed by atoms with Crippen LogP contribution < -0.4 is 5.43 Å². The Labute approximate surface area is 90.3 Å². The van der Waals surface area contributed by atoms with Crippen molar-refractivity contribution in [3.8, 4) is 0 Å². The summed E-state index contributed by atoms with van der Waals surface area (Å²) in [6, 6.07) is 0. The van der Waals surface area contributed by atoms with Gasteiger partial charge in [-0.25, -0.2) is 5.43 Å². The molecule has 15 heavy (non-hydrogen) atoms. The summed E-state index contributed by atoms with van der Waals surface area (Å²) >= 11 is 0. The number of carbonyl (C=O) groups is 1. The second kappa shape index (κ2) is 3.62. The molecule has 0 aromatic heterocycles. The Morgan fingerprint density at radius 3 is 2.67 bits per heavy atom. The lowest BCUT2D eigenvalue weighted by Gasteiger charge is -2.16. The molecule has 3 aliphatic carbocycles. The fourth-order valence-corrected chi connectivity index (χ4v) is 3.11. The van der Waals surface area contributed by atoms with Crippen LogP contribution in [0.15, 0.2) is 5.10 Å². The largest absolute Gasteiger partial charge is 0.273 e. The first-order valence-electron chi connectivity index (χ1n) is 6.16. The number of fused-ring (bicyclic) bond motifs is 2. The van der Waals surface area contributed by atoms with Gasteiger partial charge in [-0.15, -0.1) is 0 Å². The number of rotatable bonds is 3. The summed E-state index contributed by atoms with van der Waals surface area (Å²) in [5, 5.41) is 4.11. The molecule has 0 aliphatic heterocycles. The number of carbonyl (C=O) groups excluding carboxylic acids is 1. The van der Waals surface area contributed by atoms with Gasteiger partial charge in [0.1, 0.15) is 0 Å². The molecule has 0 spiro atoms. The predicted octanol–water partition coefficient (Wildman–Crippen LogP) is 1.93. The number of hydrogen-bond acceptors (Lipinski definition) is 2. The summed E-state index contributed by atoms with van der Waals surface area (Å²) in [4.78, 5) is 11.3. The van der Waals surface area contributed by atoms with Gasteiger partial charge in [0.25, 0.3) is 0 Å².